The highest BCUT2D eigenvalue weighted by Crippen LogP contribution is 2.87. The van der Waals surface area contributed by atoms with E-state index in [1.54, 1.807) is 0 Å². The normalized spacial score (nSPS) is 58.4. The number of aliphatic hydroxyl groups is 1. The molecule has 158 valence electrons. The lowest BCUT2D eigenvalue weighted by atomic mass is 9.43. The van der Waals surface area contributed by atoms with Gasteiger partial charge in [0.1, 0.15) is 0 Å². The molecule has 0 saturated heterocycles. The summed E-state index contributed by atoms with van der Waals surface area (Å²) in [5, 5.41) is 18.2. The average Bonchev–Trinajstić information content (AvgIpc) is 3.27. The fourth-order valence-corrected chi connectivity index (χ4v) is 10.1. The maximum absolute atomic E-state index is 11.2. The number of hydrogen-bond acceptors (Lipinski definition) is 3. The first-order valence-electron chi connectivity index (χ1n) is 11.9. The van der Waals surface area contributed by atoms with E-state index >= 15 is 0 Å². The highest BCUT2D eigenvalue weighted by atomic mass is 16.3. The van der Waals surface area contributed by atoms with E-state index < -0.39 is 0 Å². The minimum atomic E-state index is -0.157. The number of hydrogen-bond donors (Lipinski definition) is 3. The standard InChI is InChI=1S/C25H42N2O/c1-15-17-7-8-20-23(4)13-19(28)21(16(2)26-5)22(23,3)11-12-25(20)14-24(17,25)10-9-18(15)27-6/h16-21,26-28H,1,7-14H2,2-6H3. The van der Waals surface area contributed by atoms with Crippen LogP contribution in [0.25, 0.3) is 0 Å². The molecule has 2 spiro atoms. The first-order chi connectivity index (χ1) is 13.2. The van der Waals surface area contributed by atoms with E-state index in [9.17, 15) is 5.11 Å². The van der Waals surface area contributed by atoms with Gasteiger partial charge in [-0.15, -0.1) is 0 Å². The first kappa shape index (κ1) is 19.6. The van der Waals surface area contributed by atoms with Gasteiger partial charge in [-0.2, -0.15) is 0 Å². The molecule has 0 bridgehead atoms. The van der Waals surface area contributed by atoms with Crippen molar-refractivity contribution in [2.24, 2.45) is 39.4 Å². The minimum Gasteiger partial charge on any atom is -0.393 e. The van der Waals surface area contributed by atoms with Crippen molar-refractivity contribution >= 4 is 0 Å². The summed E-state index contributed by atoms with van der Waals surface area (Å²) < 4.78 is 0. The smallest absolute Gasteiger partial charge is 0.0594 e. The molecule has 3 N–H and O–H groups in total. The third-order valence-electron chi connectivity index (χ3n) is 11.6. The number of fused-ring (bicyclic) bond motifs is 2. The Hall–Kier alpha value is -0.380. The summed E-state index contributed by atoms with van der Waals surface area (Å²) in [6.07, 6.45) is 10.3. The molecule has 5 fully saturated rings. The van der Waals surface area contributed by atoms with Gasteiger partial charge in [-0.3, -0.25) is 0 Å². The van der Waals surface area contributed by atoms with Crippen LogP contribution in [0.2, 0.25) is 0 Å². The van der Waals surface area contributed by atoms with E-state index in [0.717, 1.165) is 18.3 Å². The van der Waals surface area contributed by atoms with Crippen LogP contribution >= 0.6 is 0 Å². The van der Waals surface area contributed by atoms with Crippen LogP contribution in [0, 0.1) is 39.4 Å². The zero-order valence-electron chi connectivity index (χ0n) is 18.8. The Morgan fingerprint density at radius 3 is 2.46 bits per heavy atom. The van der Waals surface area contributed by atoms with Gasteiger partial charge in [0.25, 0.3) is 0 Å². The molecule has 0 aromatic heterocycles. The maximum atomic E-state index is 11.2. The number of nitrogens with one attached hydrogen (secondary N) is 2. The molecule has 5 rings (SSSR count). The average molecular weight is 387 g/mol. The molecular weight excluding hydrogens is 344 g/mol. The third-order valence-corrected chi connectivity index (χ3v) is 11.6. The molecule has 5 aliphatic carbocycles. The molecule has 0 aromatic rings. The topological polar surface area (TPSA) is 44.3 Å². The summed E-state index contributed by atoms with van der Waals surface area (Å²) in [4.78, 5) is 0. The molecule has 10 unspecified atom stereocenters. The van der Waals surface area contributed by atoms with Crippen LogP contribution in [-0.2, 0) is 0 Å². The van der Waals surface area contributed by atoms with Gasteiger partial charge in [-0.05, 0) is 106 Å². The zero-order valence-corrected chi connectivity index (χ0v) is 18.8. The molecule has 5 saturated carbocycles. The Balaban J connectivity index is 1.51. The summed E-state index contributed by atoms with van der Waals surface area (Å²) >= 11 is 0. The Labute approximate surface area is 172 Å². The molecule has 0 radical (unpaired) electrons. The Morgan fingerprint density at radius 1 is 1.04 bits per heavy atom. The monoisotopic (exact) mass is 386 g/mol. The summed E-state index contributed by atoms with van der Waals surface area (Å²) in [7, 11) is 4.17. The van der Waals surface area contributed by atoms with E-state index in [1.165, 1.54) is 50.5 Å². The lowest BCUT2D eigenvalue weighted by Gasteiger charge is -2.61. The van der Waals surface area contributed by atoms with Gasteiger partial charge < -0.3 is 15.7 Å². The van der Waals surface area contributed by atoms with Crippen LogP contribution in [0.1, 0.15) is 72.1 Å². The zero-order chi connectivity index (χ0) is 20.1. The SMILES string of the molecule is C=C1C(NC)CCC23CC24CCC2(C)C(C(C)NC)C(O)CC2(C)C4CCC13. The molecule has 0 heterocycles. The molecule has 3 nitrogen and oxygen atoms in total. The van der Waals surface area contributed by atoms with Gasteiger partial charge in [-0.1, -0.05) is 26.0 Å². The summed E-state index contributed by atoms with van der Waals surface area (Å²) in [5.74, 6) is 1.90. The Bertz CT molecular complexity index is 692. The van der Waals surface area contributed by atoms with E-state index in [4.69, 9.17) is 0 Å². The third kappa shape index (κ3) is 1.98. The maximum Gasteiger partial charge on any atom is 0.0594 e. The molecule has 3 heteroatoms. The van der Waals surface area contributed by atoms with Crippen molar-refractivity contribution in [1.29, 1.82) is 0 Å². The van der Waals surface area contributed by atoms with Crippen LogP contribution in [0.3, 0.4) is 0 Å². The van der Waals surface area contributed by atoms with E-state index in [-0.39, 0.29) is 16.9 Å². The molecule has 10 atom stereocenters. The van der Waals surface area contributed by atoms with Gasteiger partial charge in [0.2, 0.25) is 0 Å². The van der Waals surface area contributed by atoms with Gasteiger partial charge in [0, 0.05) is 18.0 Å². The van der Waals surface area contributed by atoms with Crippen LogP contribution in [-0.4, -0.2) is 37.4 Å². The van der Waals surface area contributed by atoms with Crippen molar-refractivity contribution in [2.45, 2.75) is 90.3 Å². The summed E-state index contributed by atoms with van der Waals surface area (Å²) in [6, 6.07) is 0.912. The van der Waals surface area contributed by atoms with Gasteiger partial charge in [-0.25, -0.2) is 0 Å². The molecule has 0 aromatic carbocycles. The lowest BCUT2D eigenvalue weighted by molar-refractivity contribution is -0.120. The predicted molar refractivity (Wildman–Crippen MR) is 115 cm³/mol. The van der Waals surface area contributed by atoms with Crippen molar-refractivity contribution in [3.05, 3.63) is 12.2 Å². The number of likely N-dealkylation sites (N-methyl/N-ethyl adjacent to an activating group) is 1. The van der Waals surface area contributed by atoms with Gasteiger partial charge in [0.15, 0.2) is 0 Å². The fraction of sp³-hybridized carbons (Fsp3) is 0.920. The summed E-state index contributed by atoms with van der Waals surface area (Å²) in [6.45, 7) is 12.0. The molecular formula is C25H42N2O. The fourth-order valence-electron chi connectivity index (χ4n) is 10.1. The van der Waals surface area contributed by atoms with Crippen LogP contribution < -0.4 is 10.6 Å². The Morgan fingerprint density at radius 2 is 1.79 bits per heavy atom. The second kappa shape index (κ2) is 5.86. The quantitative estimate of drug-likeness (QED) is 0.639. The van der Waals surface area contributed by atoms with Crippen LogP contribution in [0.4, 0.5) is 0 Å². The second-order valence-corrected chi connectivity index (χ2v) is 11.8. The molecule has 0 amide bonds. The minimum absolute atomic E-state index is 0.157. The predicted octanol–water partition coefficient (Wildman–Crippen LogP) is 4.12. The number of aliphatic hydroxyl groups excluding tert-OH is 1. The highest BCUT2D eigenvalue weighted by Gasteiger charge is 2.81. The van der Waals surface area contributed by atoms with Gasteiger partial charge >= 0.3 is 0 Å². The molecule has 28 heavy (non-hydrogen) atoms. The summed E-state index contributed by atoms with van der Waals surface area (Å²) in [5.41, 5.74) is 3.12. The van der Waals surface area contributed by atoms with Crippen molar-refractivity contribution < 1.29 is 5.11 Å². The van der Waals surface area contributed by atoms with E-state index in [1.807, 2.05) is 0 Å². The first-order valence-corrected chi connectivity index (χ1v) is 11.9. The highest BCUT2D eigenvalue weighted by molar-refractivity contribution is 5.35. The van der Waals surface area contributed by atoms with Crippen molar-refractivity contribution in [3.8, 4) is 0 Å². The van der Waals surface area contributed by atoms with Gasteiger partial charge in [0.05, 0.1) is 6.10 Å². The Kier molecular flexibility index (Phi) is 4.09. The second-order valence-electron chi connectivity index (χ2n) is 11.8. The number of rotatable bonds is 3. The van der Waals surface area contributed by atoms with Crippen molar-refractivity contribution in [3.63, 3.8) is 0 Å². The largest absolute Gasteiger partial charge is 0.393 e. The lowest BCUT2D eigenvalue weighted by Crippen LogP contribution is -2.56. The van der Waals surface area contributed by atoms with Crippen molar-refractivity contribution in [2.75, 3.05) is 14.1 Å². The van der Waals surface area contributed by atoms with Crippen LogP contribution in [0.15, 0.2) is 12.2 Å². The van der Waals surface area contributed by atoms with E-state index in [2.05, 4.69) is 52.1 Å². The van der Waals surface area contributed by atoms with Crippen molar-refractivity contribution in [1.82, 2.24) is 10.6 Å². The molecule has 5 aliphatic rings. The van der Waals surface area contributed by atoms with Crippen LogP contribution in [0.5, 0.6) is 0 Å². The molecule has 0 aliphatic heterocycles. The van der Waals surface area contributed by atoms with E-state index in [0.29, 0.717) is 28.8 Å².